The fourth-order valence-corrected chi connectivity index (χ4v) is 5.32. The van der Waals surface area contributed by atoms with E-state index in [2.05, 4.69) is 10.1 Å². The smallest absolute Gasteiger partial charge is 0.340 e. The largest absolute Gasteiger partial charge is 0.449 e. The summed E-state index contributed by atoms with van der Waals surface area (Å²) >= 11 is 6.21. The van der Waals surface area contributed by atoms with Gasteiger partial charge in [0.05, 0.1) is 15.5 Å². The first-order valence-corrected chi connectivity index (χ1v) is 12.5. The monoisotopic (exact) mass is 489 g/mol. The van der Waals surface area contributed by atoms with Crippen molar-refractivity contribution < 1.29 is 22.5 Å². The van der Waals surface area contributed by atoms with Crippen molar-refractivity contribution in [2.24, 2.45) is 0 Å². The van der Waals surface area contributed by atoms with Crippen molar-refractivity contribution >= 4 is 27.6 Å². The first-order valence-electron chi connectivity index (χ1n) is 10.7. The highest BCUT2D eigenvalue weighted by Crippen LogP contribution is 2.28. The van der Waals surface area contributed by atoms with Crippen LogP contribution in [0.2, 0.25) is 5.02 Å². The average Bonchev–Trinajstić information content (AvgIpc) is 3.28. The van der Waals surface area contributed by atoms with Crippen LogP contribution in [0.5, 0.6) is 0 Å². The number of nitrogens with zero attached hydrogens (tertiary/aromatic N) is 3. The minimum absolute atomic E-state index is 0.0195. The van der Waals surface area contributed by atoms with Crippen LogP contribution in [0.15, 0.2) is 51.9 Å². The number of rotatable bonds is 7. The standard InChI is InChI=1S/C23H24ClN3O5S/c1-3-6-21-25-22(32-26-21)15(2)31-23(28)19-13-18(9-10-20(19)24)33(29,30)27-12-11-16-7-4-5-8-17(16)14-27/h4-5,7-10,13,15H,3,6,11-12,14H2,1-2H3. The van der Waals surface area contributed by atoms with Crippen LogP contribution in [-0.2, 0) is 34.1 Å². The molecule has 0 aliphatic carbocycles. The Balaban J connectivity index is 1.54. The summed E-state index contributed by atoms with van der Waals surface area (Å²) in [5.41, 5.74) is 2.06. The Morgan fingerprint density at radius 2 is 2.00 bits per heavy atom. The van der Waals surface area contributed by atoms with Crippen LogP contribution in [0.4, 0.5) is 0 Å². The van der Waals surface area contributed by atoms with Crippen LogP contribution >= 0.6 is 11.6 Å². The Labute approximate surface area is 197 Å². The zero-order valence-corrected chi connectivity index (χ0v) is 19.9. The Morgan fingerprint density at radius 3 is 2.76 bits per heavy atom. The summed E-state index contributed by atoms with van der Waals surface area (Å²) in [7, 11) is -3.84. The number of hydrogen-bond acceptors (Lipinski definition) is 7. The van der Waals surface area contributed by atoms with Gasteiger partial charge in [-0.25, -0.2) is 13.2 Å². The second kappa shape index (κ2) is 9.62. The summed E-state index contributed by atoms with van der Waals surface area (Å²) < 4.78 is 38.6. The quantitative estimate of drug-likeness (QED) is 0.455. The van der Waals surface area contributed by atoms with Gasteiger partial charge in [-0.1, -0.05) is 47.9 Å². The van der Waals surface area contributed by atoms with Gasteiger partial charge in [0.15, 0.2) is 11.9 Å². The molecule has 3 aromatic rings. The molecule has 2 aromatic carbocycles. The molecule has 1 aliphatic heterocycles. The number of ether oxygens (including phenoxy) is 1. The highest BCUT2D eigenvalue weighted by Gasteiger charge is 2.30. The van der Waals surface area contributed by atoms with Crippen molar-refractivity contribution in [3.8, 4) is 0 Å². The summed E-state index contributed by atoms with van der Waals surface area (Å²) in [5, 5.41) is 3.94. The molecule has 1 atom stereocenters. The van der Waals surface area contributed by atoms with Crippen LogP contribution < -0.4 is 0 Å². The third-order valence-corrected chi connectivity index (χ3v) is 7.65. The zero-order valence-electron chi connectivity index (χ0n) is 18.3. The fourth-order valence-electron chi connectivity index (χ4n) is 3.68. The molecule has 0 spiro atoms. The van der Waals surface area contributed by atoms with Gasteiger partial charge in [-0.15, -0.1) is 0 Å². The summed E-state index contributed by atoms with van der Waals surface area (Å²) in [5.74, 6) is -0.0768. The van der Waals surface area contributed by atoms with E-state index in [9.17, 15) is 13.2 Å². The number of aryl methyl sites for hydroxylation is 1. The topological polar surface area (TPSA) is 103 Å². The molecule has 0 N–H and O–H groups in total. The maximum atomic E-state index is 13.3. The Bertz CT molecular complexity index is 1270. The minimum Gasteiger partial charge on any atom is -0.449 e. The van der Waals surface area contributed by atoms with Gasteiger partial charge < -0.3 is 9.26 Å². The number of fused-ring (bicyclic) bond motifs is 1. The van der Waals surface area contributed by atoms with Gasteiger partial charge >= 0.3 is 5.97 Å². The highest BCUT2D eigenvalue weighted by atomic mass is 35.5. The number of aromatic nitrogens is 2. The molecule has 1 unspecified atom stereocenters. The van der Waals surface area contributed by atoms with Crippen LogP contribution in [0, 0.1) is 0 Å². The lowest BCUT2D eigenvalue weighted by atomic mass is 10.0. The maximum Gasteiger partial charge on any atom is 0.340 e. The molecule has 174 valence electrons. The van der Waals surface area contributed by atoms with Gasteiger partial charge in [-0.2, -0.15) is 9.29 Å². The SMILES string of the molecule is CCCc1noc(C(C)OC(=O)c2cc(S(=O)(=O)N3CCc4ccccc4C3)ccc2Cl)n1. The van der Waals surface area contributed by atoms with Crippen LogP contribution in [0.3, 0.4) is 0 Å². The van der Waals surface area contributed by atoms with E-state index in [0.29, 0.717) is 25.2 Å². The van der Waals surface area contributed by atoms with Crippen molar-refractivity contribution in [1.82, 2.24) is 14.4 Å². The van der Waals surface area contributed by atoms with Gasteiger partial charge in [0.25, 0.3) is 5.89 Å². The molecular formula is C23H24ClN3O5S. The van der Waals surface area contributed by atoms with E-state index in [1.807, 2.05) is 31.2 Å². The Hall–Kier alpha value is -2.75. The third kappa shape index (κ3) is 4.95. The van der Waals surface area contributed by atoms with Gasteiger partial charge in [-0.3, -0.25) is 0 Å². The van der Waals surface area contributed by atoms with Gasteiger partial charge in [0.1, 0.15) is 0 Å². The summed E-state index contributed by atoms with van der Waals surface area (Å²) in [6, 6.07) is 11.8. The zero-order chi connectivity index (χ0) is 23.6. The molecule has 8 nitrogen and oxygen atoms in total. The lowest BCUT2D eigenvalue weighted by Crippen LogP contribution is -2.36. The number of benzene rings is 2. The number of carbonyl (C=O) groups excluding carboxylic acids is 1. The second-order valence-corrected chi connectivity index (χ2v) is 10.2. The number of carbonyl (C=O) groups is 1. The molecule has 1 aromatic heterocycles. The molecule has 4 rings (SSSR count). The maximum absolute atomic E-state index is 13.3. The minimum atomic E-state index is -3.84. The summed E-state index contributed by atoms with van der Waals surface area (Å²) in [6.45, 7) is 4.22. The predicted molar refractivity (Wildman–Crippen MR) is 121 cm³/mol. The molecule has 0 bridgehead atoms. The van der Waals surface area contributed by atoms with Crippen LogP contribution in [0.1, 0.15) is 59.6 Å². The van der Waals surface area contributed by atoms with Crippen molar-refractivity contribution in [2.45, 2.75) is 50.7 Å². The van der Waals surface area contributed by atoms with E-state index in [4.69, 9.17) is 20.9 Å². The highest BCUT2D eigenvalue weighted by molar-refractivity contribution is 7.89. The lowest BCUT2D eigenvalue weighted by Gasteiger charge is -2.28. The average molecular weight is 490 g/mol. The second-order valence-electron chi connectivity index (χ2n) is 7.85. The molecular weight excluding hydrogens is 466 g/mol. The van der Waals surface area contributed by atoms with Gasteiger partial charge in [-0.05, 0) is 49.1 Å². The van der Waals surface area contributed by atoms with Crippen LogP contribution in [-0.4, -0.2) is 35.4 Å². The first kappa shape index (κ1) is 23.4. The Morgan fingerprint density at radius 1 is 1.24 bits per heavy atom. The summed E-state index contributed by atoms with van der Waals surface area (Å²) in [6.07, 6.45) is 1.31. The molecule has 1 aliphatic rings. The number of esters is 1. The molecule has 10 heteroatoms. The van der Waals surface area contributed by atoms with Crippen LogP contribution in [0.25, 0.3) is 0 Å². The van der Waals surface area contributed by atoms with Gasteiger partial charge in [0, 0.05) is 19.5 Å². The number of sulfonamides is 1. The van der Waals surface area contributed by atoms with E-state index in [1.54, 1.807) is 6.92 Å². The van der Waals surface area contributed by atoms with E-state index in [-0.39, 0.29) is 27.9 Å². The normalized spacial score (nSPS) is 15.1. The van der Waals surface area contributed by atoms with Crippen molar-refractivity contribution in [2.75, 3.05) is 6.54 Å². The molecule has 0 fully saturated rings. The number of hydrogen-bond donors (Lipinski definition) is 0. The molecule has 0 radical (unpaired) electrons. The van der Waals surface area contributed by atoms with Gasteiger partial charge in [0.2, 0.25) is 10.0 Å². The third-order valence-electron chi connectivity index (χ3n) is 5.48. The predicted octanol–water partition coefficient (Wildman–Crippen LogP) is 4.34. The molecule has 2 heterocycles. The molecule has 0 amide bonds. The molecule has 0 saturated heterocycles. The lowest BCUT2D eigenvalue weighted by molar-refractivity contribution is 0.0265. The molecule has 0 saturated carbocycles. The van der Waals surface area contributed by atoms with Crippen molar-refractivity contribution in [3.05, 3.63) is 75.9 Å². The van der Waals surface area contributed by atoms with Crippen molar-refractivity contribution in [3.63, 3.8) is 0 Å². The van der Waals surface area contributed by atoms with E-state index >= 15 is 0 Å². The van der Waals surface area contributed by atoms with Crippen molar-refractivity contribution in [1.29, 1.82) is 0 Å². The van der Waals surface area contributed by atoms with E-state index in [1.165, 1.54) is 22.5 Å². The fraction of sp³-hybridized carbons (Fsp3) is 0.348. The number of halogens is 1. The van der Waals surface area contributed by atoms with E-state index < -0.39 is 22.1 Å². The molecule has 33 heavy (non-hydrogen) atoms. The Kier molecular flexibility index (Phi) is 6.83. The first-order chi connectivity index (χ1) is 15.8. The van der Waals surface area contributed by atoms with E-state index in [0.717, 1.165) is 17.5 Å². The summed E-state index contributed by atoms with van der Waals surface area (Å²) in [4.78, 5) is 17.0.